The highest BCUT2D eigenvalue weighted by Crippen LogP contribution is 2.26. The van der Waals surface area contributed by atoms with Gasteiger partial charge >= 0.3 is 0 Å². The van der Waals surface area contributed by atoms with Gasteiger partial charge in [-0.3, -0.25) is 4.79 Å². The molecule has 0 aliphatic rings. The van der Waals surface area contributed by atoms with Crippen molar-refractivity contribution in [3.63, 3.8) is 0 Å². The van der Waals surface area contributed by atoms with Gasteiger partial charge in [-0.25, -0.2) is 4.98 Å². The van der Waals surface area contributed by atoms with Gasteiger partial charge in [0.05, 0.1) is 12.8 Å². The van der Waals surface area contributed by atoms with Gasteiger partial charge in [0.2, 0.25) is 0 Å². The predicted molar refractivity (Wildman–Crippen MR) is 113 cm³/mol. The molecule has 29 heavy (non-hydrogen) atoms. The molecule has 0 saturated heterocycles. The van der Waals surface area contributed by atoms with Crippen molar-refractivity contribution in [2.45, 2.75) is 20.1 Å². The first-order valence-corrected chi connectivity index (χ1v) is 10.1. The number of benzene rings is 2. The van der Waals surface area contributed by atoms with Gasteiger partial charge in [-0.2, -0.15) is 0 Å². The minimum atomic E-state index is -0.220. The number of amides is 1. The zero-order chi connectivity index (χ0) is 20.1. The van der Waals surface area contributed by atoms with Crippen LogP contribution in [0.4, 0.5) is 0 Å². The van der Waals surface area contributed by atoms with Crippen molar-refractivity contribution in [2.24, 2.45) is 0 Å². The second-order valence-corrected chi connectivity index (χ2v) is 7.46. The van der Waals surface area contributed by atoms with Crippen LogP contribution in [0.3, 0.4) is 0 Å². The molecular weight excluding hydrogens is 384 g/mol. The zero-order valence-corrected chi connectivity index (χ0v) is 16.7. The monoisotopic (exact) mass is 404 g/mol. The van der Waals surface area contributed by atoms with Gasteiger partial charge < -0.3 is 14.5 Å². The maximum absolute atomic E-state index is 12.3. The number of aryl methyl sites for hydroxylation is 1. The Morgan fingerprint density at radius 1 is 1.14 bits per heavy atom. The molecular formula is C23H20N2O3S. The summed E-state index contributed by atoms with van der Waals surface area (Å²) < 4.78 is 11.1. The molecule has 2 aromatic heterocycles. The van der Waals surface area contributed by atoms with Gasteiger partial charge in [0.25, 0.3) is 5.91 Å². The van der Waals surface area contributed by atoms with Crippen molar-refractivity contribution in [3.05, 3.63) is 94.9 Å². The molecule has 0 atom stereocenters. The van der Waals surface area contributed by atoms with Crippen LogP contribution in [0.15, 0.2) is 76.7 Å². The SMILES string of the molecule is Cc1cccc(COc2ccc(-c3nc(C(=O)NCc4ccco4)cs3)cc2)c1. The van der Waals surface area contributed by atoms with E-state index >= 15 is 0 Å². The number of carbonyl (C=O) groups excluding carboxylic acids is 1. The minimum absolute atomic E-state index is 0.220. The summed E-state index contributed by atoms with van der Waals surface area (Å²) in [5.41, 5.74) is 3.70. The highest BCUT2D eigenvalue weighted by Gasteiger charge is 2.12. The molecule has 2 heterocycles. The Morgan fingerprint density at radius 3 is 2.76 bits per heavy atom. The molecule has 0 unspecified atom stereocenters. The molecule has 1 N–H and O–H groups in total. The largest absolute Gasteiger partial charge is 0.489 e. The minimum Gasteiger partial charge on any atom is -0.489 e. The molecule has 0 bridgehead atoms. The van der Waals surface area contributed by atoms with Crippen molar-refractivity contribution in [2.75, 3.05) is 0 Å². The van der Waals surface area contributed by atoms with Crippen molar-refractivity contribution >= 4 is 17.2 Å². The molecule has 0 radical (unpaired) electrons. The maximum Gasteiger partial charge on any atom is 0.271 e. The first kappa shape index (κ1) is 19.0. The van der Waals surface area contributed by atoms with E-state index in [2.05, 4.69) is 35.4 Å². The fourth-order valence-electron chi connectivity index (χ4n) is 2.84. The molecule has 4 aromatic rings. The summed E-state index contributed by atoms with van der Waals surface area (Å²) in [5, 5.41) is 5.35. The zero-order valence-electron chi connectivity index (χ0n) is 15.9. The lowest BCUT2D eigenvalue weighted by atomic mass is 10.1. The Labute approximate surface area is 173 Å². The molecule has 146 valence electrons. The molecule has 5 nitrogen and oxygen atoms in total. The quantitative estimate of drug-likeness (QED) is 0.459. The van der Waals surface area contributed by atoms with Crippen LogP contribution in [0.5, 0.6) is 5.75 Å². The van der Waals surface area contributed by atoms with Gasteiger partial charge in [0.15, 0.2) is 0 Å². The Balaban J connectivity index is 1.36. The standard InChI is InChI=1S/C23H20N2O3S/c1-16-4-2-5-17(12-16)14-28-19-9-7-18(8-10-19)23-25-21(15-29-23)22(26)24-13-20-6-3-11-27-20/h2-12,15H,13-14H2,1H3,(H,24,26). The van der Waals surface area contributed by atoms with Crippen LogP contribution in [0, 0.1) is 6.92 Å². The van der Waals surface area contributed by atoms with Gasteiger partial charge in [0, 0.05) is 10.9 Å². The topological polar surface area (TPSA) is 64.4 Å². The molecule has 0 aliphatic heterocycles. The summed E-state index contributed by atoms with van der Waals surface area (Å²) >= 11 is 1.44. The van der Waals surface area contributed by atoms with Gasteiger partial charge in [0.1, 0.15) is 28.8 Å². The van der Waals surface area contributed by atoms with E-state index in [1.807, 2.05) is 36.4 Å². The third-order valence-corrected chi connectivity index (χ3v) is 5.22. The second kappa shape index (κ2) is 8.75. The first-order valence-electron chi connectivity index (χ1n) is 9.22. The van der Waals surface area contributed by atoms with Crippen molar-refractivity contribution in [1.29, 1.82) is 0 Å². The number of ether oxygens (including phenoxy) is 1. The lowest BCUT2D eigenvalue weighted by Gasteiger charge is -2.07. The predicted octanol–water partition coefficient (Wildman–Crippen LogP) is 5.22. The number of thiazole rings is 1. The third-order valence-electron chi connectivity index (χ3n) is 4.33. The molecule has 0 fully saturated rings. The highest BCUT2D eigenvalue weighted by atomic mass is 32.1. The summed E-state index contributed by atoms with van der Waals surface area (Å²) in [6.45, 7) is 2.93. The number of hydrogen-bond acceptors (Lipinski definition) is 5. The van der Waals surface area contributed by atoms with E-state index in [4.69, 9.17) is 9.15 Å². The van der Waals surface area contributed by atoms with Gasteiger partial charge in [-0.05, 0) is 48.9 Å². The third kappa shape index (κ3) is 4.92. The van der Waals surface area contributed by atoms with E-state index in [1.165, 1.54) is 16.9 Å². The van der Waals surface area contributed by atoms with E-state index in [9.17, 15) is 4.79 Å². The summed E-state index contributed by atoms with van der Waals surface area (Å²) in [4.78, 5) is 16.7. The summed E-state index contributed by atoms with van der Waals surface area (Å²) in [6.07, 6.45) is 1.58. The lowest BCUT2D eigenvalue weighted by molar-refractivity contribution is 0.0944. The number of nitrogens with one attached hydrogen (secondary N) is 1. The fourth-order valence-corrected chi connectivity index (χ4v) is 3.65. The molecule has 6 heteroatoms. The average molecular weight is 404 g/mol. The highest BCUT2D eigenvalue weighted by molar-refractivity contribution is 7.13. The van der Waals surface area contributed by atoms with E-state index < -0.39 is 0 Å². The van der Waals surface area contributed by atoms with E-state index in [0.29, 0.717) is 24.6 Å². The molecule has 0 aliphatic carbocycles. The Kier molecular flexibility index (Phi) is 5.72. The van der Waals surface area contributed by atoms with E-state index in [0.717, 1.165) is 21.9 Å². The van der Waals surface area contributed by atoms with Gasteiger partial charge in [-0.1, -0.05) is 29.8 Å². The fraction of sp³-hybridized carbons (Fsp3) is 0.130. The second-order valence-electron chi connectivity index (χ2n) is 6.60. The van der Waals surface area contributed by atoms with E-state index in [1.54, 1.807) is 17.7 Å². The van der Waals surface area contributed by atoms with Crippen LogP contribution >= 0.6 is 11.3 Å². The van der Waals surface area contributed by atoms with Crippen LogP contribution in [0.25, 0.3) is 10.6 Å². The summed E-state index contributed by atoms with van der Waals surface area (Å²) in [6, 6.07) is 19.6. The van der Waals surface area contributed by atoms with Crippen LogP contribution in [0.1, 0.15) is 27.4 Å². The number of aromatic nitrogens is 1. The van der Waals surface area contributed by atoms with E-state index in [-0.39, 0.29) is 5.91 Å². The van der Waals surface area contributed by atoms with Crippen LogP contribution in [0.2, 0.25) is 0 Å². The van der Waals surface area contributed by atoms with Gasteiger partial charge in [-0.15, -0.1) is 11.3 Å². The number of carbonyl (C=O) groups is 1. The van der Waals surface area contributed by atoms with Crippen LogP contribution in [-0.2, 0) is 13.2 Å². The Bertz CT molecular complexity index is 1090. The number of nitrogens with zero attached hydrogens (tertiary/aromatic N) is 1. The summed E-state index contributed by atoms with van der Waals surface area (Å²) in [7, 11) is 0. The molecule has 0 spiro atoms. The normalized spacial score (nSPS) is 10.7. The number of rotatable bonds is 7. The Hall–Kier alpha value is -3.38. The molecule has 2 aromatic carbocycles. The van der Waals surface area contributed by atoms with Crippen molar-refractivity contribution in [1.82, 2.24) is 10.3 Å². The van der Waals surface area contributed by atoms with Crippen molar-refractivity contribution < 1.29 is 13.9 Å². The lowest BCUT2D eigenvalue weighted by Crippen LogP contribution is -2.22. The average Bonchev–Trinajstić information content (AvgIpc) is 3.43. The van der Waals surface area contributed by atoms with Crippen LogP contribution < -0.4 is 10.1 Å². The molecule has 4 rings (SSSR count). The smallest absolute Gasteiger partial charge is 0.271 e. The van der Waals surface area contributed by atoms with Crippen LogP contribution in [-0.4, -0.2) is 10.9 Å². The summed E-state index contributed by atoms with van der Waals surface area (Å²) in [5.74, 6) is 1.28. The Morgan fingerprint density at radius 2 is 2.00 bits per heavy atom. The van der Waals surface area contributed by atoms with Crippen molar-refractivity contribution in [3.8, 4) is 16.3 Å². The first-order chi connectivity index (χ1) is 14.2. The maximum atomic E-state index is 12.3. The molecule has 0 saturated carbocycles. The number of furan rings is 1. The molecule has 1 amide bonds. The number of hydrogen-bond donors (Lipinski definition) is 1.